The minimum Gasteiger partial charge on any atom is -0.480 e. The first-order valence-corrected chi connectivity index (χ1v) is 38.0. The van der Waals surface area contributed by atoms with Crippen molar-refractivity contribution in [2.24, 2.45) is 45.3 Å². The number of carbonyl (C=O) groups is 13. The summed E-state index contributed by atoms with van der Waals surface area (Å²) < 4.78 is 0. The van der Waals surface area contributed by atoms with Crippen LogP contribution in [0.5, 0.6) is 0 Å². The molecule has 0 radical (unpaired) electrons. The number of guanidine groups is 1. The Hall–Kier alpha value is -10.6. The molecular formula is C74H105N19O14S. The second-order valence-corrected chi connectivity index (χ2v) is 28.8. The van der Waals surface area contributed by atoms with Crippen LogP contribution in [0.3, 0.4) is 0 Å². The lowest BCUT2D eigenvalue weighted by Crippen LogP contribution is -2.61. The van der Waals surface area contributed by atoms with Crippen LogP contribution < -0.4 is 76.9 Å². The number of nitrogens with zero attached hydrogens (tertiary/aromatic N) is 3. The number of amides is 12. The summed E-state index contributed by atoms with van der Waals surface area (Å²) in [5.41, 5.74) is 37.3. The number of nitrogens with one attached hydrogen (secondary N) is 10. The number of likely N-dealkylation sites (tertiary alicyclic amines) is 2. The Morgan fingerprint density at radius 2 is 0.963 bits per heavy atom. The fourth-order valence-corrected chi connectivity index (χ4v) is 13.9. The number of aromatic amines is 2. The van der Waals surface area contributed by atoms with Crippen molar-refractivity contribution < 1.29 is 67.4 Å². The van der Waals surface area contributed by atoms with Crippen molar-refractivity contribution in [1.29, 1.82) is 0 Å². The van der Waals surface area contributed by atoms with Gasteiger partial charge in [-0.3, -0.25) is 62.5 Å². The molecule has 23 N–H and O–H groups in total. The van der Waals surface area contributed by atoms with E-state index in [0.717, 1.165) is 10.9 Å². The molecule has 2 aliphatic heterocycles. The Morgan fingerprint density at radius 1 is 0.519 bits per heavy atom. The fraction of sp³-hybridized carbons (Fsp3) is 0.514. The van der Waals surface area contributed by atoms with Gasteiger partial charge in [0.15, 0.2) is 5.96 Å². The Bertz CT molecular complexity index is 3980. The molecule has 3 aromatic carbocycles. The van der Waals surface area contributed by atoms with E-state index in [2.05, 4.69) is 57.5 Å². The summed E-state index contributed by atoms with van der Waals surface area (Å²) in [6.07, 6.45) is 5.66. The molecule has 33 nitrogen and oxygen atoms in total. The lowest BCUT2D eigenvalue weighted by Gasteiger charge is -2.32. The van der Waals surface area contributed by atoms with Gasteiger partial charge in [0.25, 0.3) is 0 Å². The van der Waals surface area contributed by atoms with Gasteiger partial charge in [0, 0.05) is 85.9 Å². The summed E-state index contributed by atoms with van der Waals surface area (Å²) in [5.74, 6) is -10.8. The van der Waals surface area contributed by atoms with Crippen LogP contribution in [0.25, 0.3) is 21.8 Å². The Kier molecular flexibility index (Phi) is 33.0. The van der Waals surface area contributed by atoms with Gasteiger partial charge in [-0.05, 0) is 137 Å². The number of carbonyl (C=O) groups excluding carboxylic acids is 12. The number of primary amides is 2. The first-order chi connectivity index (χ1) is 51.7. The van der Waals surface area contributed by atoms with Crippen LogP contribution in [-0.2, 0) is 81.6 Å². The van der Waals surface area contributed by atoms with Crippen molar-refractivity contribution >= 4 is 116 Å². The molecule has 4 heterocycles. The SMILES string of the molecule is CSCC[C@H](NC(=O)[C@H](CC(C)C)NC(=O)[C@H](Cc1c[nH]c2ccccc12)NC(=O)[C@H](Cc1ccccc1)NC(=O)[C@H](Cc1c[nH]c2ccccc12)NC(=O)[C@H](CCC(N)=O)NC(=O)[C@H](CCC(N)=O)NC(=O)[C@@H]1CCCN1C(=O)[C@H](CCCCN)NC(=O)[C@@H]1CCCN1C(=O)[C@@H](N)CCCN=C(N)N)C(=O)O. The third-order valence-electron chi connectivity index (χ3n) is 19.1. The number of carboxylic acid groups (broad SMARTS) is 1. The molecule has 7 rings (SSSR count). The van der Waals surface area contributed by atoms with Crippen LogP contribution in [0.15, 0.2) is 96.2 Å². The molecule has 5 aromatic rings. The van der Waals surface area contributed by atoms with Gasteiger partial charge in [-0.1, -0.05) is 80.6 Å². The van der Waals surface area contributed by atoms with Crippen LogP contribution in [0.2, 0.25) is 0 Å². The molecule has 2 aromatic heterocycles. The summed E-state index contributed by atoms with van der Waals surface area (Å²) in [4.78, 5) is 197. The molecule has 11 atom stereocenters. The summed E-state index contributed by atoms with van der Waals surface area (Å²) in [6, 6.07) is 8.23. The average Bonchev–Trinajstić information content (AvgIpc) is 1.65. The van der Waals surface area contributed by atoms with Crippen LogP contribution in [0, 0.1) is 5.92 Å². The van der Waals surface area contributed by atoms with Gasteiger partial charge in [0.05, 0.1) is 6.04 Å². The number of hydrogen-bond donors (Lipinski definition) is 17. The highest BCUT2D eigenvalue weighted by Crippen LogP contribution is 2.26. The summed E-state index contributed by atoms with van der Waals surface area (Å²) >= 11 is 1.40. The van der Waals surface area contributed by atoms with Crippen molar-refractivity contribution in [3.8, 4) is 0 Å². The Morgan fingerprint density at radius 3 is 1.45 bits per heavy atom. The summed E-state index contributed by atoms with van der Waals surface area (Å²) in [7, 11) is 0. The maximum atomic E-state index is 15.4. The monoisotopic (exact) mass is 1520 g/mol. The highest BCUT2D eigenvalue weighted by molar-refractivity contribution is 7.98. The van der Waals surface area contributed by atoms with Gasteiger partial charge in [0.1, 0.15) is 60.4 Å². The number of unbranched alkanes of at least 4 members (excludes halogenated alkanes) is 1. The molecule has 12 amide bonds. The van der Waals surface area contributed by atoms with E-state index in [-0.39, 0.29) is 89.4 Å². The van der Waals surface area contributed by atoms with Crippen LogP contribution >= 0.6 is 11.8 Å². The van der Waals surface area contributed by atoms with Gasteiger partial charge in [-0.2, -0.15) is 11.8 Å². The average molecular weight is 1520 g/mol. The van der Waals surface area contributed by atoms with E-state index in [4.69, 9.17) is 34.4 Å². The number of nitrogens with two attached hydrogens (primary N) is 6. The number of aromatic nitrogens is 2. The summed E-state index contributed by atoms with van der Waals surface area (Å²) in [6.45, 7) is 4.46. The number of thioether (sulfide) groups is 1. The lowest BCUT2D eigenvalue weighted by molar-refractivity contribution is -0.144. The minimum atomic E-state index is -1.70. The number of fused-ring (bicyclic) bond motifs is 2. The number of hydrogen-bond acceptors (Lipinski definition) is 17. The highest BCUT2D eigenvalue weighted by Gasteiger charge is 2.43. The highest BCUT2D eigenvalue weighted by atomic mass is 32.2. The Labute approximate surface area is 630 Å². The van der Waals surface area contributed by atoms with Gasteiger partial charge in [-0.25, -0.2) is 4.79 Å². The van der Waals surface area contributed by atoms with Gasteiger partial charge in [0.2, 0.25) is 70.9 Å². The number of benzene rings is 3. The molecule has 2 saturated heterocycles. The standard InChI is InChI=1S/C74H105N19O14S/c1-42(2)36-55(65(98)87-54(73(106)107)30-35-108-3)88-67(100)58(39-45-41-83-50-22-10-8-19-47(45)50)91-66(99)56(37-43-16-5-4-6-17-43)89-68(101)57(38-44-40-82-49-21-9-7-18-46(44)49)90-64(97)51(26-28-61(77)94)84-63(96)52(27-29-62(78)95)85-69(102)60-25-15-34-93(60)72(105)53(23-11-12-31-75)86-70(103)59-24-14-33-92(59)71(104)48(76)20-13-32-81-74(79)80/h4-10,16-19,21-22,40-42,48,51-60,82-83H,11-15,20,23-39,75-76H2,1-3H3,(H2,77,94)(H2,78,95)(H,84,96)(H,85,102)(H,86,103)(H,87,98)(H,88,100)(H,89,101)(H,90,97)(H,91,99)(H,106,107)(H4,79,80,81)/t48-,51-,52-,53-,54-,55-,56-,57-,58-,59-,60-/m0/s1. The zero-order chi connectivity index (χ0) is 78.6. The van der Waals surface area contributed by atoms with E-state index >= 15 is 14.4 Å². The number of carboxylic acids is 1. The lowest BCUT2D eigenvalue weighted by atomic mass is 9.99. The quantitative estimate of drug-likeness (QED) is 0.0132. The zero-order valence-electron chi connectivity index (χ0n) is 61.3. The first kappa shape index (κ1) is 84.6. The Balaban J connectivity index is 1.15. The van der Waals surface area contributed by atoms with Gasteiger partial charge >= 0.3 is 5.97 Å². The number of rotatable bonds is 44. The molecule has 34 heteroatoms. The maximum Gasteiger partial charge on any atom is 0.326 e. The molecule has 0 saturated carbocycles. The molecule has 108 heavy (non-hydrogen) atoms. The number of aliphatic carboxylic acids is 1. The normalized spacial score (nSPS) is 16.6. The minimum absolute atomic E-state index is 0.0586. The maximum absolute atomic E-state index is 15.4. The third kappa shape index (κ3) is 25.3. The van der Waals surface area contributed by atoms with E-state index < -0.39 is 169 Å². The topological polar surface area (TPSA) is 545 Å². The van der Waals surface area contributed by atoms with Crippen LogP contribution in [0.1, 0.15) is 127 Å². The van der Waals surface area contributed by atoms with Gasteiger partial charge in [-0.15, -0.1) is 0 Å². The van der Waals surface area contributed by atoms with Crippen molar-refractivity contribution in [3.05, 3.63) is 108 Å². The molecule has 2 fully saturated rings. The molecule has 0 aliphatic carbocycles. The molecule has 2 aliphatic rings. The van der Waals surface area contributed by atoms with Gasteiger partial charge < -0.3 is 102 Å². The van der Waals surface area contributed by atoms with Crippen molar-refractivity contribution in [2.45, 2.75) is 196 Å². The predicted octanol–water partition coefficient (Wildman–Crippen LogP) is -0.538. The van der Waals surface area contributed by atoms with Crippen molar-refractivity contribution in [2.75, 3.05) is 38.2 Å². The second kappa shape index (κ2) is 42.1. The fourth-order valence-electron chi connectivity index (χ4n) is 13.4. The zero-order valence-corrected chi connectivity index (χ0v) is 62.1. The van der Waals surface area contributed by atoms with E-state index in [1.54, 1.807) is 79.3 Å². The number of para-hydroxylation sites is 2. The van der Waals surface area contributed by atoms with E-state index in [0.29, 0.717) is 71.9 Å². The van der Waals surface area contributed by atoms with E-state index in [1.165, 1.54) is 21.6 Å². The smallest absolute Gasteiger partial charge is 0.326 e. The second-order valence-electron chi connectivity index (χ2n) is 27.8. The van der Waals surface area contributed by atoms with Crippen molar-refractivity contribution in [3.63, 3.8) is 0 Å². The predicted molar refractivity (Wildman–Crippen MR) is 407 cm³/mol. The van der Waals surface area contributed by atoms with Crippen LogP contribution in [0.4, 0.5) is 0 Å². The van der Waals surface area contributed by atoms with E-state index in [9.17, 15) is 53.1 Å². The third-order valence-corrected chi connectivity index (χ3v) is 19.7. The van der Waals surface area contributed by atoms with Crippen LogP contribution in [-0.4, -0.2) is 212 Å². The molecular weight excluding hydrogens is 1410 g/mol. The van der Waals surface area contributed by atoms with E-state index in [1.807, 2.05) is 32.0 Å². The first-order valence-electron chi connectivity index (χ1n) is 36.6. The molecule has 0 bridgehead atoms. The summed E-state index contributed by atoms with van der Waals surface area (Å²) in [5, 5.41) is 33.3. The largest absolute Gasteiger partial charge is 0.480 e. The molecule has 0 spiro atoms. The van der Waals surface area contributed by atoms with Crippen molar-refractivity contribution in [1.82, 2.24) is 62.3 Å². The molecule has 586 valence electrons. The molecule has 0 unspecified atom stereocenters. The number of H-pyrrole nitrogens is 2. The number of aliphatic imine (C=N–C) groups is 1.